The van der Waals surface area contributed by atoms with E-state index in [9.17, 15) is 4.79 Å². The molecule has 0 aliphatic carbocycles. The van der Waals surface area contributed by atoms with Crippen LogP contribution < -0.4 is 0 Å². The molecule has 0 aliphatic heterocycles. The van der Waals surface area contributed by atoms with Crippen molar-refractivity contribution in [1.82, 2.24) is 15.1 Å². The second kappa shape index (κ2) is 8.96. The van der Waals surface area contributed by atoms with Crippen molar-refractivity contribution in [2.75, 3.05) is 7.05 Å². The molecular formula is C26H25N3O2. The molecule has 1 aromatic heterocycles. The Morgan fingerprint density at radius 2 is 1.52 bits per heavy atom. The van der Waals surface area contributed by atoms with Crippen LogP contribution in [0, 0.1) is 6.92 Å². The number of benzene rings is 3. The molecule has 0 spiro atoms. The van der Waals surface area contributed by atoms with E-state index in [4.69, 9.17) is 4.42 Å². The highest BCUT2D eigenvalue weighted by atomic mass is 16.4. The number of aryl methyl sites for hydroxylation is 2. The molecule has 4 rings (SSSR count). The van der Waals surface area contributed by atoms with Crippen LogP contribution in [0.4, 0.5) is 0 Å². The van der Waals surface area contributed by atoms with E-state index in [-0.39, 0.29) is 5.91 Å². The van der Waals surface area contributed by atoms with Gasteiger partial charge in [-0.15, -0.1) is 10.2 Å². The minimum atomic E-state index is -0.0303. The van der Waals surface area contributed by atoms with Crippen LogP contribution >= 0.6 is 0 Å². The van der Waals surface area contributed by atoms with Gasteiger partial charge in [-0.3, -0.25) is 4.79 Å². The van der Waals surface area contributed by atoms with Crippen LogP contribution in [-0.2, 0) is 13.0 Å². The van der Waals surface area contributed by atoms with Gasteiger partial charge < -0.3 is 9.32 Å². The SMILES string of the molecule is CCc1ccc(CN(C)C(=O)c2ccc(-c3nnc(-c4ccccc4C)o3)cc2)cc1. The summed E-state index contributed by atoms with van der Waals surface area (Å²) >= 11 is 0. The zero-order valence-electron chi connectivity index (χ0n) is 18.0. The molecule has 4 aromatic rings. The first-order valence-electron chi connectivity index (χ1n) is 10.4. The van der Waals surface area contributed by atoms with Gasteiger partial charge in [0.1, 0.15) is 0 Å². The van der Waals surface area contributed by atoms with E-state index in [1.165, 1.54) is 5.56 Å². The fourth-order valence-electron chi connectivity index (χ4n) is 3.46. The lowest BCUT2D eigenvalue weighted by Crippen LogP contribution is -2.26. The lowest BCUT2D eigenvalue weighted by molar-refractivity contribution is 0.0785. The number of nitrogens with zero attached hydrogens (tertiary/aromatic N) is 3. The predicted molar refractivity (Wildman–Crippen MR) is 122 cm³/mol. The van der Waals surface area contributed by atoms with Crippen LogP contribution in [0.3, 0.4) is 0 Å². The van der Waals surface area contributed by atoms with Gasteiger partial charge in [0.25, 0.3) is 5.91 Å². The molecule has 0 aliphatic rings. The fraction of sp³-hybridized carbons (Fsp3) is 0.192. The molecule has 3 aromatic carbocycles. The van der Waals surface area contributed by atoms with Gasteiger partial charge in [0, 0.05) is 30.3 Å². The zero-order valence-corrected chi connectivity index (χ0v) is 18.0. The Kier molecular flexibility index (Phi) is 5.94. The second-order valence-electron chi connectivity index (χ2n) is 7.64. The largest absolute Gasteiger partial charge is 0.416 e. The van der Waals surface area contributed by atoms with Crippen molar-refractivity contribution in [2.24, 2.45) is 0 Å². The summed E-state index contributed by atoms with van der Waals surface area (Å²) in [5.41, 5.74) is 5.80. The van der Waals surface area contributed by atoms with E-state index in [1.54, 1.807) is 17.0 Å². The Morgan fingerprint density at radius 1 is 0.871 bits per heavy atom. The van der Waals surface area contributed by atoms with Crippen LogP contribution in [0.2, 0.25) is 0 Å². The topological polar surface area (TPSA) is 59.2 Å². The molecule has 0 atom stereocenters. The number of hydrogen-bond donors (Lipinski definition) is 0. The molecule has 0 radical (unpaired) electrons. The molecule has 0 saturated heterocycles. The molecular weight excluding hydrogens is 386 g/mol. The van der Waals surface area contributed by atoms with E-state index in [2.05, 4.69) is 41.4 Å². The minimum absolute atomic E-state index is 0.0303. The van der Waals surface area contributed by atoms with E-state index < -0.39 is 0 Å². The van der Waals surface area contributed by atoms with Gasteiger partial charge in [-0.1, -0.05) is 49.4 Å². The first kappa shape index (κ1) is 20.5. The monoisotopic (exact) mass is 411 g/mol. The van der Waals surface area contributed by atoms with Crippen molar-refractivity contribution < 1.29 is 9.21 Å². The summed E-state index contributed by atoms with van der Waals surface area (Å²) in [5, 5.41) is 8.35. The third-order valence-corrected chi connectivity index (χ3v) is 5.38. The molecule has 0 unspecified atom stereocenters. The summed E-state index contributed by atoms with van der Waals surface area (Å²) in [4.78, 5) is 14.5. The molecule has 0 N–H and O–H groups in total. The summed E-state index contributed by atoms with van der Waals surface area (Å²) in [5.74, 6) is 0.890. The molecule has 31 heavy (non-hydrogen) atoms. The van der Waals surface area contributed by atoms with Crippen LogP contribution in [0.25, 0.3) is 22.9 Å². The molecule has 0 saturated carbocycles. The Labute approximate surface area is 182 Å². The van der Waals surface area contributed by atoms with Crippen LogP contribution in [-0.4, -0.2) is 28.1 Å². The van der Waals surface area contributed by atoms with Crippen molar-refractivity contribution in [2.45, 2.75) is 26.8 Å². The van der Waals surface area contributed by atoms with Gasteiger partial charge in [-0.2, -0.15) is 0 Å². The van der Waals surface area contributed by atoms with Gasteiger partial charge in [-0.25, -0.2) is 0 Å². The average Bonchev–Trinajstić information content (AvgIpc) is 3.29. The Hall–Kier alpha value is -3.73. The minimum Gasteiger partial charge on any atom is -0.416 e. The summed E-state index contributed by atoms with van der Waals surface area (Å²) in [6.45, 7) is 4.70. The third-order valence-electron chi connectivity index (χ3n) is 5.38. The first-order chi connectivity index (χ1) is 15.0. The van der Waals surface area contributed by atoms with Gasteiger partial charge in [0.2, 0.25) is 11.8 Å². The van der Waals surface area contributed by atoms with E-state index in [1.807, 2.05) is 50.4 Å². The maximum Gasteiger partial charge on any atom is 0.253 e. The maximum atomic E-state index is 12.8. The zero-order chi connectivity index (χ0) is 21.8. The summed E-state index contributed by atoms with van der Waals surface area (Å²) in [6.07, 6.45) is 1.01. The third kappa shape index (κ3) is 4.56. The fourth-order valence-corrected chi connectivity index (χ4v) is 3.46. The molecule has 5 nitrogen and oxygen atoms in total. The smallest absolute Gasteiger partial charge is 0.253 e. The quantitative estimate of drug-likeness (QED) is 0.418. The van der Waals surface area contributed by atoms with Gasteiger partial charge in [0.05, 0.1) is 0 Å². The highest BCUT2D eigenvalue weighted by Crippen LogP contribution is 2.26. The highest BCUT2D eigenvalue weighted by Gasteiger charge is 2.15. The van der Waals surface area contributed by atoms with Crippen molar-refractivity contribution >= 4 is 5.91 Å². The molecule has 0 fully saturated rings. The highest BCUT2D eigenvalue weighted by molar-refractivity contribution is 5.94. The molecule has 5 heteroatoms. The van der Waals surface area contributed by atoms with Gasteiger partial charge in [0.15, 0.2) is 0 Å². The van der Waals surface area contributed by atoms with Gasteiger partial charge >= 0.3 is 0 Å². The lowest BCUT2D eigenvalue weighted by atomic mass is 10.1. The van der Waals surface area contributed by atoms with E-state index >= 15 is 0 Å². The van der Waals surface area contributed by atoms with Crippen molar-refractivity contribution in [3.8, 4) is 22.9 Å². The number of rotatable bonds is 6. The molecule has 0 bridgehead atoms. The van der Waals surface area contributed by atoms with Gasteiger partial charge in [-0.05, 0) is 60.4 Å². The molecule has 1 heterocycles. The van der Waals surface area contributed by atoms with Crippen molar-refractivity contribution in [3.05, 3.63) is 95.1 Å². The Balaban J connectivity index is 1.46. The maximum absolute atomic E-state index is 12.8. The second-order valence-corrected chi connectivity index (χ2v) is 7.64. The predicted octanol–water partition coefficient (Wildman–Crippen LogP) is 5.55. The summed E-state index contributed by atoms with van der Waals surface area (Å²) in [7, 11) is 1.82. The standard InChI is InChI=1S/C26H25N3O2/c1-4-19-9-11-20(12-10-19)17-29(3)26(30)22-15-13-21(14-16-22)24-27-28-25(31-24)23-8-6-5-7-18(23)2/h5-16H,4,17H2,1-3H3. The lowest BCUT2D eigenvalue weighted by Gasteiger charge is -2.17. The summed E-state index contributed by atoms with van der Waals surface area (Å²) in [6, 6.07) is 23.5. The molecule has 156 valence electrons. The average molecular weight is 412 g/mol. The Bertz CT molecular complexity index is 1180. The molecule has 1 amide bonds. The summed E-state index contributed by atoms with van der Waals surface area (Å²) < 4.78 is 5.86. The number of carbonyl (C=O) groups excluding carboxylic acids is 1. The first-order valence-corrected chi connectivity index (χ1v) is 10.4. The van der Waals surface area contributed by atoms with E-state index in [0.29, 0.717) is 23.9 Å². The van der Waals surface area contributed by atoms with Crippen LogP contribution in [0.15, 0.2) is 77.2 Å². The Morgan fingerprint density at radius 3 is 2.19 bits per heavy atom. The number of aromatic nitrogens is 2. The van der Waals surface area contributed by atoms with Crippen LogP contribution in [0.5, 0.6) is 0 Å². The number of hydrogen-bond acceptors (Lipinski definition) is 4. The number of carbonyl (C=O) groups is 1. The normalized spacial score (nSPS) is 10.8. The van der Waals surface area contributed by atoms with Crippen molar-refractivity contribution in [3.63, 3.8) is 0 Å². The number of amides is 1. The van der Waals surface area contributed by atoms with E-state index in [0.717, 1.165) is 28.7 Å². The van der Waals surface area contributed by atoms with Crippen LogP contribution in [0.1, 0.15) is 34.0 Å². The van der Waals surface area contributed by atoms with Crippen molar-refractivity contribution in [1.29, 1.82) is 0 Å².